The van der Waals surface area contributed by atoms with Crippen LogP contribution in [0.5, 0.6) is 5.75 Å². The molecule has 27 heavy (non-hydrogen) atoms. The van der Waals surface area contributed by atoms with Crippen molar-refractivity contribution in [1.29, 1.82) is 0 Å². The maximum Gasteiger partial charge on any atom is 0.230 e. The molecule has 0 aliphatic rings. The SMILES string of the molecule is CCCC/C=C/c1cn2c(NC(=O)Cc3ccccc3OC)cnc2cn1. The van der Waals surface area contributed by atoms with Gasteiger partial charge in [-0.1, -0.05) is 44.0 Å². The van der Waals surface area contributed by atoms with Gasteiger partial charge in [0.25, 0.3) is 0 Å². The van der Waals surface area contributed by atoms with E-state index in [0.29, 0.717) is 17.2 Å². The molecule has 0 unspecified atom stereocenters. The summed E-state index contributed by atoms with van der Waals surface area (Å²) in [5, 5.41) is 2.92. The largest absolute Gasteiger partial charge is 0.496 e. The molecule has 2 heterocycles. The van der Waals surface area contributed by atoms with Crippen molar-refractivity contribution >= 4 is 23.4 Å². The van der Waals surface area contributed by atoms with Gasteiger partial charge in [0.1, 0.15) is 11.6 Å². The molecule has 1 amide bonds. The third-order valence-corrected chi connectivity index (χ3v) is 4.24. The van der Waals surface area contributed by atoms with Crippen LogP contribution in [0, 0.1) is 0 Å². The zero-order chi connectivity index (χ0) is 19.1. The zero-order valence-electron chi connectivity index (χ0n) is 15.7. The minimum absolute atomic E-state index is 0.127. The minimum Gasteiger partial charge on any atom is -0.496 e. The Balaban J connectivity index is 1.74. The van der Waals surface area contributed by atoms with Gasteiger partial charge in [-0.15, -0.1) is 0 Å². The fourth-order valence-electron chi connectivity index (χ4n) is 2.82. The Morgan fingerprint density at radius 1 is 1.26 bits per heavy atom. The van der Waals surface area contributed by atoms with Crippen LogP contribution in [0.2, 0.25) is 0 Å². The van der Waals surface area contributed by atoms with Gasteiger partial charge in [-0.25, -0.2) is 4.98 Å². The number of amides is 1. The first-order chi connectivity index (χ1) is 13.2. The average molecular weight is 364 g/mol. The van der Waals surface area contributed by atoms with Crippen molar-refractivity contribution in [3.8, 4) is 5.75 Å². The van der Waals surface area contributed by atoms with Crippen LogP contribution in [0.25, 0.3) is 11.7 Å². The van der Waals surface area contributed by atoms with E-state index < -0.39 is 0 Å². The van der Waals surface area contributed by atoms with Crippen molar-refractivity contribution in [2.75, 3.05) is 12.4 Å². The van der Waals surface area contributed by atoms with Crippen LogP contribution in [0.3, 0.4) is 0 Å². The Morgan fingerprint density at radius 2 is 2.11 bits per heavy atom. The van der Waals surface area contributed by atoms with Crippen molar-refractivity contribution in [2.45, 2.75) is 32.6 Å². The molecule has 0 radical (unpaired) electrons. The molecule has 0 spiro atoms. The summed E-state index contributed by atoms with van der Waals surface area (Å²) in [7, 11) is 1.60. The number of methoxy groups -OCH3 is 1. The number of nitrogens with one attached hydrogen (secondary N) is 1. The van der Waals surface area contributed by atoms with E-state index in [4.69, 9.17) is 4.74 Å². The molecule has 1 aromatic carbocycles. The predicted octanol–water partition coefficient (Wildman–Crippen LogP) is 4.12. The lowest BCUT2D eigenvalue weighted by Gasteiger charge is -2.09. The molecule has 6 heteroatoms. The Kier molecular flexibility index (Phi) is 6.20. The van der Waals surface area contributed by atoms with E-state index in [1.165, 1.54) is 6.42 Å². The quantitative estimate of drug-likeness (QED) is 0.611. The Bertz CT molecular complexity index is 946. The van der Waals surface area contributed by atoms with Gasteiger partial charge in [-0.2, -0.15) is 0 Å². The van der Waals surface area contributed by atoms with E-state index in [2.05, 4.69) is 28.3 Å². The van der Waals surface area contributed by atoms with Gasteiger partial charge in [0.2, 0.25) is 5.91 Å². The van der Waals surface area contributed by atoms with Crippen LogP contribution in [0.1, 0.15) is 37.4 Å². The number of hydrogen-bond acceptors (Lipinski definition) is 4. The maximum absolute atomic E-state index is 12.5. The van der Waals surface area contributed by atoms with Crippen molar-refractivity contribution in [1.82, 2.24) is 14.4 Å². The molecule has 0 fully saturated rings. The lowest BCUT2D eigenvalue weighted by molar-refractivity contribution is -0.115. The first-order valence-corrected chi connectivity index (χ1v) is 9.12. The van der Waals surface area contributed by atoms with Crippen molar-refractivity contribution in [2.24, 2.45) is 0 Å². The van der Waals surface area contributed by atoms with Gasteiger partial charge in [0.15, 0.2) is 5.65 Å². The Morgan fingerprint density at radius 3 is 2.93 bits per heavy atom. The summed E-state index contributed by atoms with van der Waals surface area (Å²) < 4.78 is 7.15. The number of rotatable bonds is 8. The Labute approximate surface area is 158 Å². The number of unbranched alkanes of at least 4 members (excludes halogenated alkanes) is 2. The molecule has 6 nitrogen and oxygen atoms in total. The fourth-order valence-corrected chi connectivity index (χ4v) is 2.82. The van der Waals surface area contributed by atoms with E-state index in [9.17, 15) is 4.79 Å². The highest BCUT2D eigenvalue weighted by Crippen LogP contribution is 2.19. The second kappa shape index (κ2) is 8.98. The number of ether oxygens (including phenoxy) is 1. The van der Waals surface area contributed by atoms with Crippen LogP contribution in [0.15, 0.2) is 48.9 Å². The minimum atomic E-state index is -0.127. The molecule has 3 rings (SSSR count). The molecular formula is C21H24N4O2. The average Bonchev–Trinajstić information content (AvgIpc) is 3.07. The summed E-state index contributed by atoms with van der Waals surface area (Å²) >= 11 is 0. The number of carbonyl (C=O) groups is 1. The standard InChI is InChI=1S/C21H24N4O2/c1-3-4-5-6-10-17-15-25-19(13-22-17)23-14-20(25)24-21(26)12-16-9-7-8-11-18(16)27-2/h6-11,13-15H,3-5,12H2,1-2H3,(H,24,26)/b10-6+. The molecule has 0 aliphatic carbocycles. The van der Waals surface area contributed by atoms with Crippen LogP contribution < -0.4 is 10.1 Å². The highest BCUT2D eigenvalue weighted by Gasteiger charge is 2.11. The number of hydrogen-bond donors (Lipinski definition) is 1. The molecule has 0 atom stereocenters. The van der Waals surface area contributed by atoms with Crippen LogP contribution in [-0.4, -0.2) is 27.4 Å². The number of imidazole rings is 1. The van der Waals surface area contributed by atoms with Gasteiger partial charge in [-0.3, -0.25) is 14.2 Å². The number of nitrogens with zero attached hydrogens (tertiary/aromatic N) is 3. The van der Waals surface area contributed by atoms with Crippen LogP contribution >= 0.6 is 0 Å². The van der Waals surface area contributed by atoms with E-state index in [-0.39, 0.29) is 12.3 Å². The van der Waals surface area contributed by atoms with Gasteiger partial charge in [0, 0.05) is 11.8 Å². The number of para-hydroxylation sites is 1. The van der Waals surface area contributed by atoms with Crippen molar-refractivity contribution < 1.29 is 9.53 Å². The molecule has 0 saturated carbocycles. The second-order valence-electron chi connectivity index (χ2n) is 6.27. The number of carbonyl (C=O) groups excluding carboxylic acids is 1. The van der Waals surface area contributed by atoms with Gasteiger partial charge in [-0.05, 0) is 18.6 Å². The van der Waals surface area contributed by atoms with E-state index in [0.717, 1.165) is 24.1 Å². The Hall–Kier alpha value is -3.15. The third kappa shape index (κ3) is 4.73. The lowest BCUT2D eigenvalue weighted by atomic mass is 10.1. The normalized spacial score (nSPS) is 11.2. The summed E-state index contributed by atoms with van der Waals surface area (Å²) in [6.45, 7) is 2.17. The van der Waals surface area contributed by atoms with Crippen LogP contribution in [-0.2, 0) is 11.2 Å². The van der Waals surface area contributed by atoms with E-state index >= 15 is 0 Å². The summed E-state index contributed by atoms with van der Waals surface area (Å²) in [5.41, 5.74) is 2.36. The smallest absolute Gasteiger partial charge is 0.230 e. The van der Waals surface area contributed by atoms with Crippen LogP contribution in [0.4, 0.5) is 5.82 Å². The number of fused-ring (bicyclic) bond motifs is 1. The summed E-state index contributed by atoms with van der Waals surface area (Å²) in [6.07, 6.45) is 12.9. The van der Waals surface area contributed by atoms with E-state index in [1.54, 1.807) is 19.5 Å². The zero-order valence-corrected chi connectivity index (χ0v) is 15.7. The number of benzene rings is 1. The van der Waals surface area contributed by atoms with Gasteiger partial charge >= 0.3 is 0 Å². The summed E-state index contributed by atoms with van der Waals surface area (Å²) in [6, 6.07) is 7.51. The monoisotopic (exact) mass is 364 g/mol. The van der Waals surface area contributed by atoms with E-state index in [1.807, 2.05) is 40.9 Å². The molecule has 2 aromatic heterocycles. The number of allylic oxidation sites excluding steroid dienone is 1. The second-order valence-corrected chi connectivity index (χ2v) is 6.27. The van der Waals surface area contributed by atoms with Gasteiger partial charge < -0.3 is 10.1 Å². The van der Waals surface area contributed by atoms with Gasteiger partial charge in [0.05, 0.1) is 31.6 Å². The highest BCUT2D eigenvalue weighted by molar-refractivity contribution is 5.92. The lowest BCUT2D eigenvalue weighted by Crippen LogP contribution is -2.16. The highest BCUT2D eigenvalue weighted by atomic mass is 16.5. The molecule has 0 bridgehead atoms. The molecule has 0 aliphatic heterocycles. The predicted molar refractivity (Wildman–Crippen MR) is 107 cm³/mol. The number of aromatic nitrogens is 3. The maximum atomic E-state index is 12.5. The topological polar surface area (TPSA) is 68.5 Å². The molecule has 140 valence electrons. The molecule has 0 saturated heterocycles. The first kappa shape index (κ1) is 18.6. The van der Waals surface area contributed by atoms with Crippen molar-refractivity contribution in [3.63, 3.8) is 0 Å². The molecule has 1 N–H and O–H groups in total. The summed E-state index contributed by atoms with van der Waals surface area (Å²) in [4.78, 5) is 21.2. The first-order valence-electron chi connectivity index (χ1n) is 9.12. The number of anilines is 1. The van der Waals surface area contributed by atoms with Crippen molar-refractivity contribution in [3.05, 3.63) is 60.2 Å². The molecule has 3 aromatic rings. The molecular weight excluding hydrogens is 340 g/mol. The fraction of sp³-hybridized carbons (Fsp3) is 0.286. The summed E-state index contributed by atoms with van der Waals surface area (Å²) in [5.74, 6) is 1.20. The third-order valence-electron chi connectivity index (χ3n) is 4.24.